The molecule has 0 saturated carbocycles. The Bertz CT molecular complexity index is 126. The van der Waals surface area contributed by atoms with Gasteiger partial charge in [0.1, 0.15) is 0 Å². The number of nitrogens with zero attached hydrogens (tertiary/aromatic N) is 2. The van der Waals surface area contributed by atoms with Gasteiger partial charge in [-0.1, -0.05) is 6.08 Å². The lowest BCUT2D eigenvalue weighted by Gasteiger charge is -2.21. The van der Waals surface area contributed by atoms with Crippen LogP contribution >= 0.6 is 0 Å². The molecule has 0 saturated heterocycles. The maximum absolute atomic E-state index is 9.50. The number of likely N-dealkylation sites (N-methyl/N-ethyl adjacent to an activating group) is 2. The van der Waals surface area contributed by atoms with Crippen LogP contribution in [0.1, 0.15) is 0 Å². The van der Waals surface area contributed by atoms with E-state index in [2.05, 4.69) is 6.58 Å². The molecule has 0 aromatic heterocycles. The number of aliphatic hydroxyl groups excluding tert-OH is 1. The normalized spacial score (nSPS) is 13.8. The molecular formula is C9H20N2O. The Hall–Kier alpha value is -0.380. The summed E-state index contributed by atoms with van der Waals surface area (Å²) in [6, 6.07) is 0. The van der Waals surface area contributed by atoms with Gasteiger partial charge in [-0.05, 0) is 21.1 Å². The van der Waals surface area contributed by atoms with Gasteiger partial charge < -0.3 is 14.9 Å². The molecule has 0 radical (unpaired) electrons. The third-order valence-corrected chi connectivity index (χ3v) is 1.54. The van der Waals surface area contributed by atoms with Crippen LogP contribution in [0.3, 0.4) is 0 Å². The van der Waals surface area contributed by atoms with Gasteiger partial charge in [-0.15, -0.1) is 6.58 Å². The Morgan fingerprint density at radius 1 is 1.33 bits per heavy atom. The highest BCUT2D eigenvalue weighted by Gasteiger charge is 2.07. The quantitative estimate of drug-likeness (QED) is 0.572. The van der Waals surface area contributed by atoms with Crippen LogP contribution in [-0.4, -0.2) is 61.8 Å². The first-order chi connectivity index (χ1) is 5.56. The van der Waals surface area contributed by atoms with E-state index in [1.807, 2.05) is 37.0 Å². The van der Waals surface area contributed by atoms with Crippen molar-refractivity contribution in [2.75, 3.05) is 40.8 Å². The fourth-order valence-corrected chi connectivity index (χ4v) is 1.13. The van der Waals surface area contributed by atoms with E-state index in [-0.39, 0.29) is 6.10 Å². The van der Waals surface area contributed by atoms with Crippen molar-refractivity contribution in [2.45, 2.75) is 6.10 Å². The SMILES string of the molecule is C=CCN(C)CC(O)CN(C)C. The lowest BCUT2D eigenvalue weighted by Crippen LogP contribution is -2.36. The van der Waals surface area contributed by atoms with Gasteiger partial charge in [-0.3, -0.25) is 0 Å². The largest absolute Gasteiger partial charge is 0.390 e. The fraction of sp³-hybridized carbons (Fsp3) is 0.778. The lowest BCUT2D eigenvalue weighted by atomic mass is 10.3. The zero-order valence-corrected chi connectivity index (χ0v) is 8.32. The average molecular weight is 172 g/mol. The van der Waals surface area contributed by atoms with Crippen LogP contribution in [0.15, 0.2) is 12.7 Å². The van der Waals surface area contributed by atoms with Crippen molar-refractivity contribution in [1.82, 2.24) is 9.80 Å². The Morgan fingerprint density at radius 3 is 2.33 bits per heavy atom. The van der Waals surface area contributed by atoms with Crippen LogP contribution < -0.4 is 0 Å². The molecule has 0 aromatic carbocycles. The molecule has 0 aliphatic heterocycles. The van der Waals surface area contributed by atoms with Crippen molar-refractivity contribution in [3.05, 3.63) is 12.7 Å². The molecule has 3 nitrogen and oxygen atoms in total. The summed E-state index contributed by atoms with van der Waals surface area (Å²) in [5, 5.41) is 9.50. The monoisotopic (exact) mass is 172 g/mol. The summed E-state index contributed by atoms with van der Waals surface area (Å²) in [6.07, 6.45) is 1.56. The second kappa shape index (κ2) is 6.17. The molecule has 12 heavy (non-hydrogen) atoms. The predicted molar refractivity (Wildman–Crippen MR) is 52.3 cm³/mol. The highest BCUT2D eigenvalue weighted by atomic mass is 16.3. The van der Waals surface area contributed by atoms with Gasteiger partial charge in [0.05, 0.1) is 6.10 Å². The van der Waals surface area contributed by atoms with Crippen LogP contribution in [0.25, 0.3) is 0 Å². The first kappa shape index (κ1) is 11.6. The topological polar surface area (TPSA) is 26.7 Å². The van der Waals surface area contributed by atoms with Gasteiger partial charge in [-0.25, -0.2) is 0 Å². The summed E-state index contributed by atoms with van der Waals surface area (Å²) in [4.78, 5) is 4.02. The third kappa shape index (κ3) is 6.34. The van der Waals surface area contributed by atoms with Gasteiger partial charge in [-0.2, -0.15) is 0 Å². The molecule has 0 bridgehead atoms. The predicted octanol–water partition coefficient (Wildman–Crippen LogP) is 0.0267. The summed E-state index contributed by atoms with van der Waals surface area (Å²) >= 11 is 0. The van der Waals surface area contributed by atoms with Crippen molar-refractivity contribution < 1.29 is 5.11 Å². The average Bonchev–Trinajstić information content (AvgIpc) is 1.84. The van der Waals surface area contributed by atoms with E-state index < -0.39 is 0 Å². The minimum Gasteiger partial charge on any atom is -0.390 e. The van der Waals surface area contributed by atoms with E-state index in [4.69, 9.17) is 0 Å². The van der Waals surface area contributed by atoms with Crippen molar-refractivity contribution >= 4 is 0 Å². The van der Waals surface area contributed by atoms with Crippen LogP contribution in [0.4, 0.5) is 0 Å². The summed E-state index contributed by atoms with van der Waals surface area (Å²) in [5.41, 5.74) is 0. The molecule has 1 atom stereocenters. The summed E-state index contributed by atoms with van der Waals surface area (Å²) in [7, 11) is 5.88. The Balaban J connectivity index is 3.53. The summed E-state index contributed by atoms with van der Waals surface area (Å²) in [6.45, 7) is 5.87. The van der Waals surface area contributed by atoms with Crippen molar-refractivity contribution in [1.29, 1.82) is 0 Å². The standard InChI is InChI=1S/C9H20N2O/c1-5-6-11(4)8-9(12)7-10(2)3/h5,9,12H,1,6-8H2,2-4H3. The molecular weight excluding hydrogens is 152 g/mol. The number of rotatable bonds is 6. The molecule has 0 spiro atoms. The maximum atomic E-state index is 9.50. The Labute approximate surface area is 75.3 Å². The minimum atomic E-state index is -0.273. The molecule has 72 valence electrons. The van der Waals surface area contributed by atoms with E-state index in [1.165, 1.54) is 0 Å². The third-order valence-electron chi connectivity index (χ3n) is 1.54. The Kier molecular flexibility index (Phi) is 5.98. The molecule has 0 rings (SSSR count). The smallest absolute Gasteiger partial charge is 0.0793 e. The van der Waals surface area contributed by atoms with Gasteiger partial charge in [0.15, 0.2) is 0 Å². The zero-order chi connectivity index (χ0) is 9.56. The zero-order valence-electron chi connectivity index (χ0n) is 8.32. The van der Waals surface area contributed by atoms with Crippen LogP contribution in [0.5, 0.6) is 0 Å². The highest BCUT2D eigenvalue weighted by Crippen LogP contribution is 1.90. The van der Waals surface area contributed by atoms with Gasteiger partial charge in [0.2, 0.25) is 0 Å². The van der Waals surface area contributed by atoms with Crippen LogP contribution in [0.2, 0.25) is 0 Å². The molecule has 0 aromatic rings. The van der Waals surface area contributed by atoms with Crippen LogP contribution in [-0.2, 0) is 0 Å². The molecule has 0 aliphatic carbocycles. The Morgan fingerprint density at radius 2 is 1.92 bits per heavy atom. The molecule has 1 N–H and O–H groups in total. The highest BCUT2D eigenvalue weighted by molar-refractivity contribution is 4.73. The second-order valence-corrected chi connectivity index (χ2v) is 3.43. The van der Waals surface area contributed by atoms with Gasteiger partial charge in [0.25, 0.3) is 0 Å². The fourth-order valence-electron chi connectivity index (χ4n) is 1.13. The number of hydrogen-bond donors (Lipinski definition) is 1. The van der Waals surface area contributed by atoms with Crippen LogP contribution in [0, 0.1) is 0 Å². The van der Waals surface area contributed by atoms with E-state index in [9.17, 15) is 5.11 Å². The molecule has 0 fully saturated rings. The van der Waals surface area contributed by atoms with E-state index >= 15 is 0 Å². The van der Waals surface area contributed by atoms with Gasteiger partial charge in [0, 0.05) is 19.6 Å². The summed E-state index contributed by atoms with van der Waals surface area (Å²) in [5.74, 6) is 0. The number of aliphatic hydroxyl groups is 1. The molecule has 0 heterocycles. The molecule has 0 aliphatic rings. The summed E-state index contributed by atoms with van der Waals surface area (Å²) < 4.78 is 0. The maximum Gasteiger partial charge on any atom is 0.0793 e. The van der Waals surface area contributed by atoms with E-state index in [0.29, 0.717) is 13.1 Å². The second-order valence-electron chi connectivity index (χ2n) is 3.43. The van der Waals surface area contributed by atoms with Crippen molar-refractivity contribution in [2.24, 2.45) is 0 Å². The molecule has 1 unspecified atom stereocenters. The first-order valence-electron chi connectivity index (χ1n) is 4.18. The van der Waals surface area contributed by atoms with Gasteiger partial charge >= 0.3 is 0 Å². The van der Waals surface area contributed by atoms with Crippen molar-refractivity contribution in [3.63, 3.8) is 0 Å². The first-order valence-corrected chi connectivity index (χ1v) is 4.18. The van der Waals surface area contributed by atoms with E-state index in [0.717, 1.165) is 6.54 Å². The molecule has 3 heteroatoms. The van der Waals surface area contributed by atoms with E-state index in [1.54, 1.807) is 0 Å². The van der Waals surface area contributed by atoms with Crippen molar-refractivity contribution in [3.8, 4) is 0 Å². The lowest BCUT2D eigenvalue weighted by molar-refractivity contribution is 0.103. The minimum absolute atomic E-state index is 0.273. The molecule has 0 amide bonds. The number of hydrogen-bond acceptors (Lipinski definition) is 3.